The first kappa shape index (κ1) is 16.9. The second-order valence-corrected chi connectivity index (χ2v) is 3.42. The van der Waals surface area contributed by atoms with Gasteiger partial charge in [0, 0.05) is 6.20 Å². The van der Waals surface area contributed by atoms with Crippen molar-refractivity contribution in [2.75, 3.05) is 14.2 Å². The van der Waals surface area contributed by atoms with Crippen molar-refractivity contribution in [3.8, 4) is 11.5 Å². The highest BCUT2D eigenvalue weighted by molar-refractivity contribution is 5.91. The molecule has 0 spiro atoms. The zero-order valence-corrected chi connectivity index (χ0v) is 10.4. The summed E-state index contributed by atoms with van der Waals surface area (Å²) in [7, 11) is 1.50. The number of rotatable bonds is 3. The van der Waals surface area contributed by atoms with Gasteiger partial charge < -0.3 is 14.2 Å². The maximum atomic E-state index is 12.7. The van der Waals surface area contributed by atoms with Crippen LogP contribution < -0.4 is 9.47 Å². The predicted octanol–water partition coefficient (Wildman–Crippen LogP) is 2.79. The van der Waals surface area contributed by atoms with E-state index in [0.29, 0.717) is 7.11 Å². The molecule has 0 atom stereocenters. The summed E-state index contributed by atoms with van der Waals surface area (Å²) in [5, 5.41) is 0. The van der Waals surface area contributed by atoms with E-state index in [-0.39, 0.29) is 6.20 Å². The van der Waals surface area contributed by atoms with Crippen molar-refractivity contribution < 1.29 is 45.3 Å². The van der Waals surface area contributed by atoms with Crippen LogP contribution in [0.4, 0.5) is 26.3 Å². The van der Waals surface area contributed by atoms with E-state index in [1.54, 1.807) is 0 Å². The SMILES string of the molecule is COC(=O)c1ncc(C(F)(F)F)c(OC)c1OC(F)(F)F. The monoisotopic (exact) mass is 319 g/mol. The Morgan fingerprint density at radius 3 is 2.05 bits per heavy atom. The van der Waals surface area contributed by atoms with E-state index in [1.165, 1.54) is 0 Å². The van der Waals surface area contributed by atoms with Gasteiger partial charge in [0.25, 0.3) is 0 Å². The van der Waals surface area contributed by atoms with Crippen LogP contribution in [0.1, 0.15) is 16.1 Å². The van der Waals surface area contributed by atoms with Gasteiger partial charge in [-0.1, -0.05) is 0 Å². The first-order valence-electron chi connectivity index (χ1n) is 4.99. The van der Waals surface area contributed by atoms with Crippen molar-refractivity contribution >= 4 is 5.97 Å². The fourth-order valence-corrected chi connectivity index (χ4v) is 1.33. The van der Waals surface area contributed by atoms with E-state index in [4.69, 9.17) is 0 Å². The number of aromatic nitrogens is 1. The molecule has 1 heterocycles. The highest BCUT2D eigenvalue weighted by atomic mass is 19.4. The van der Waals surface area contributed by atoms with Crippen molar-refractivity contribution in [3.63, 3.8) is 0 Å². The van der Waals surface area contributed by atoms with Gasteiger partial charge in [0.2, 0.25) is 5.75 Å². The van der Waals surface area contributed by atoms with Crippen molar-refractivity contribution in [3.05, 3.63) is 17.5 Å². The number of ether oxygens (including phenoxy) is 3. The molecule has 0 N–H and O–H groups in total. The molecule has 0 aromatic carbocycles. The van der Waals surface area contributed by atoms with Gasteiger partial charge in [0.1, 0.15) is 5.56 Å². The summed E-state index contributed by atoms with van der Waals surface area (Å²) in [4.78, 5) is 14.3. The highest BCUT2D eigenvalue weighted by Crippen LogP contribution is 2.44. The van der Waals surface area contributed by atoms with E-state index >= 15 is 0 Å². The standard InChI is InChI=1S/C10H7F6NO4/c1-19-6-4(9(11,12)13)3-17-5(8(18)20-2)7(6)21-10(14,15)16/h3H,1-2H3. The topological polar surface area (TPSA) is 57.7 Å². The lowest BCUT2D eigenvalue weighted by Crippen LogP contribution is -2.22. The van der Waals surface area contributed by atoms with E-state index in [9.17, 15) is 31.1 Å². The third-order valence-corrected chi connectivity index (χ3v) is 2.09. The Morgan fingerprint density at radius 2 is 1.67 bits per heavy atom. The molecule has 0 aliphatic carbocycles. The third-order valence-electron chi connectivity index (χ3n) is 2.09. The largest absolute Gasteiger partial charge is 0.573 e. The maximum Gasteiger partial charge on any atom is 0.573 e. The Labute approximate surface area is 113 Å². The van der Waals surface area contributed by atoms with Crippen molar-refractivity contribution in [1.29, 1.82) is 0 Å². The summed E-state index contributed by atoms with van der Waals surface area (Å²) in [6.07, 6.45) is -10.3. The maximum absolute atomic E-state index is 12.7. The van der Waals surface area contributed by atoms with Gasteiger partial charge in [-0.3, -0.25) is 0 Å². The second kappa shape index (κ2) is 5.66. The zero-order valence-electron chi connectivity index (χ0n) is 10.4. The number of pyridine rings is 1. The molecule has 21 heavy (non-hydrogen) atoms. The lowest BCUT2D eigenvalue weighted by molar-refractivity contribution is -0.275. The number of esters is 1. The minimum Gasteiger partial charge on any atom is -0.492 e. The molecule has 0 aliphatic rings. The molecule has 11 heteroatoms. The molecule has 0 aliphatic heterocycles. The summed E-state index contributed by atoms with van der Waals surface area (Å²) in [6.45, 7) is 0. The lowest BCUT2D eigenvalue weighted by Gasteiger charge is -2.18. The molecule has 0 fully saturated rings. The molecule has 0 radical (unpaired) electrons. The number of hydrogen-bond acceptors (Lipinski definition) is 5. The van der Waals surface area contributed by atoms with Gasteiger partial charge >= 0.3 is 18.5 Å². The molecule has 1 aromatic rings. The Morgan fingerprint density at radius 1 is 1.10 bits per heavy atom. The van der Waals surface area contributed by atoms with Gasteiger partial charge in [0.15, 0.2) is 11.4 Å². The molecule has 0 unspecified atom stereocenters. The molecule has 0 amide bonds. The van der Waals surface area contributed by atoms with Crippen LogP contribution in [0, 0.1) is 0 Å². The fourth-order valence-electron chi connectivity index (χ4n) is 1.33. The Balaban J connectivity index is 3.60. The molecular formula is C10H7F6NO4. The van der Waals surface area contributed by atoms with Crippen LogP contribution >= 0.6 is 0 Å². The number of halogens is 6. The van der Waals surface area contributed by atoms with Crippen LogP contribution in [0.25, 0.3) is 0 Å². The summed E-state index contributed by atoms with van der Waals surface area (Å²) in [6, 6.07) is 0. The normalized spacial score (nSPS) is 12.0. The van der Waals surface area contributed by atoms with Gasteiger partial charge in [-0.2, -0.15) is 13.2 Å². The Kier molecular flexibility index (Phi) is 4.54. The Bertz CT molecular complexity index is 540. The summed E-state index contributed by atoms with van der Waals surface area (Å²) >= 11 is 0. The van der Waals surface area contributed by atoms with Crippen LogP contribution in [0.3, 0.4) is 0 Å². The number of alkyl halides is 6. The predicted molar refractivity (Wildman–Crippen MR) is 53.8 cm³/mol. The minimum atomic E-state index is -5.36. The van der Waals surface area contributed by atoms with Crippen molar-refractivity contribution in [2.24, 2.45) is 0 Å². The zero-order chi connectivity index (χ0) is 16.4. The van der Waals surface area contributed by atoms with Crippen molar-refractivity contribution in [2.45, 2.75) is 12.5 Å². The van der Waals surface area contributed by atoms with Gasteiger partial charge in [-0.25, -0.2) is 9.78 Å². The van der Waals surface area contributed by atoms with E-state index < -0.39 is 41.3 Å². The van der Waals surface area contributed by atoms with E-state index in [2.05, 4.69) is 19.2 Å². The van der Waals surface area contributed by atoms with Crippen LogP contribution in [0.5, 0.6) is 11.5 Å². The second-order valence-electron chi connectivity index (χ2n) is 3.42. The quantitative estimate of drug-likeness (QED) is 0.633. The summed E-state index contributed by atoms with van der Waals surface area (Å²) < 4.78 is 86.8. The van der Waals surface area contributed by atoms with Crippen molar-refractivity contribution in [1.82, 2.24) is 4.98 Å². The number of carbonyl (C=O) groups excluding carboxylic acids is 1. The molecule has 118 valence electrons. The molecule has 1 rings (SSSR count). The lowest BCUT2D eigenvalue weighted by atomic mass is 10.2. The molecular weight excluding hydrogens is 312 g/mol. The van der Waals surface area contributed by atoms with Crippen LogP contribution in [0.15, 0.2) is 6.20 Å². The number of hydrogen-bond donors (Lipinski definition) is 0. The number of carbonyl (C=O) groups is 1. The smallest absolute Gasteiger partial charge is 0.492 e. The fraction of sp³-hybridized carbons (Fsp3) is 0.400. The van der Waals surface area contributed by atoms with E-state index in [1.807, 2.05) is 0 Å². The van der Waals surface area contributed by atoms with Crippen LogP contribution in [-0.2, 0) is 10.9 Å². The number of nitrogens with zero attached hydrogens (tertiary/aromatic N) is 1. The van der Waals surface area contributed by atoms with E-state index in [0.717, 1.165) is 7.11 Å². The molecule has 5 nitrogen and oxygen atoms in total. The molecule has 0 saturated carbocycles. The van der Waals surface area contributed by atoms with Crippen LogP contribution in [-0.4, -0.2) is 31.5 Å². The molecule has 0 bridgehead atoms. The average Bonchev–Trinajstić information content (AvgIpc) is 2.34. The Hall–Kier alpha value is -2.20. The molecule has 0 saturated heterocycles. The third kappa shape index (κ3) is 3.89. The first-order valence-corrected chi connectivity index (χ1v) is 4.99. The first-order chi connectivity index (χ1) is 9.51. The van der Waals surface area contributed by atoms with Gasteiger partial charge in [-0.15, -0.1) is 13.2 Å². The number of methoxy groups -OCH3 is 2. The highest BCUT2D eigenvalue weighted by Gasteiger charge is 2.42. The summed E-state index contributed by atoms with van der Waals surface area (Å²) in [5.74, 6) is -4.26. The van der Waals surface area contributed by atoms with Gasteiger partial charge in [-0.05, 0) is 0 Å². The average molecular weight is 319 g/mol. The van der Waals surface area contributed by atoms with Gasteiger partial charge in [0.05, 0.1) is 14.2 Å². The molecule has 1 aromatic heterocycles. The van der Waals surface area contributed by atoms with Crippen LogP contribution in [0.2, 0.25) is 0 Å². The summed E-state index contributed by atoms with van der Waals surface area (Å²) in [5.41, 5.74) is -2.73. The minimum absolute atomic E-state index is 0.147.